The second kappa shape index (κ2) is 5.13. The van der Waals surface area contributed by atoms with Crippen LogP contribution in [0.25, 0.3) is 11.1 Å². The minimum absolute atomic E-state index is 0.0170. The number of hydrogen-bond donors (Lipinski definition) is 1. The molecule has 2 unspecified atom stereocenters. The average Bonchev–Trinajstić information content (AvgIpc) is 3.28. The van der Waals surface area contributed by atoms with Gasteiger partial charge < -0.3 is 10.0 Å². The van der Waals surface area contributed by atoms with Crippen LogP contribution in [0.5, 0.6) is 0 Å². The summed E-state index contributed by atoms with van der Waals surface area (Å²) in [5.41, 5.74) is 0.915. The summed E-state index contributed by atoms with van der Waals surface area (Å²) in [7, 11) is 0. The molecular formula is C21H19F2NO2. The number of benzene rings is 2. The van der Waals surface area contributed by atoms with Crippen molar-refractivity contribution in [1.29, 1.82) is 0 Å². The zero-order chi connectivity index (χ0) is 18.1. The highest BCUT2D eigenvalue weighted by molar-refractivity contribution is 5.99. The van der Waals surface area contributed by atoms with Crippen molar-refractivity contribution < 1.29 is 18.7 Å². The Labute approximate surface area is 150 Å². The zero-order valence-electron chi connectivity index (χ0n) is 14.2. The first-order valence-electron chi connectivity index (χ1n) is 9.02. The molecule has 2 aromatic rings. The first-order valence-corrected chi connectivity index (χ1v) is 9.02. The van der Waals surface area contributed by atoms with E-state index in [0.717, 1.165) is 11.1 Å². The number of amides is 1. The second-order valence-electron chi connectivity index (χ2n) is 7.68. The van der Waals surface area contributed by atoms with Crippen molar-refractivity contribution in [2.75, 3.05) is 13.1 Å². The molecule has 0 spiro atoms. The molecule has 2 atom stereocenters. The fourth-order valence-electron chi connectivity index (χ4n) is 5.04. The van der Waals surface area contributed by atoms with Crippen molar-refractivity contribution in [3.63, 3.8) is 0 Å². The Bertz CT molecular complexity index is 865. The average molecular weight is 355 g/mol. The van der Waals surface area contributed by atoms with Crippen molar-refractivity contribution in [1.82, 2.24) is 4.90 Å². The number of halogens is 2. The van der Waals surface area contributed by atoms with E-state index in [4.69, 9.17) is 0 Å². The number of likely N-dealkylation sites (tertiary alicyclic amines) is 1. The monoisotopic (exact) mass is 355 g/mol. The standard InChI is InChI=1S/C21H19F2NO2/c22-20(23)10-9-13-11-24(12-18(13)20)19(25)21(26)16-7-3-1-5-14(16)15-6-2-4-8-17(15)21/h1-8,13,18,26H,9-12H2. The second-order valence-corrected chi connectivity index (χ2v) is 7.68. The summed E-state index contributed by atoms with van der Waals surface area (Å²) < 4.78 is 28.2. The topological polar surface area (TPSA) is 40.5 Å². The minimum Gasteiger partial charge on any atom is -0.372 e. The maximum absolute atomic E-state index is 14.1. The molecule has 1 N–H and O–H groups in total. The molecule has 1 aliphatic heterocycles. The van der Waals surface area contributed by atoms with Crippen LogP contribution in [-0.4, -0.2) is 34.9 Å². The summed E-state index contributed by atoms with van der Waals surface area (Å²) >= 11 is 0. The number of carbonyl (C=O) groups is 1. The molecular weight excluding hydrogens is 336 g/mol. The van der Waals surface area contributed by atoms with E-state index < -0.39 is 23.3 Å². The van der Waals surface area contributed by atoms with E-state index in [2.05, 4.69) is 0 Å². The molecule has 1 amide bonds. The Morgan fingerprint density at radius 1 is 1.00 bits per heavy atom. The van der Waals surface area contributed by atoms with Crippen molar-refractivity contribution in [3.05, 3.63) is 59.7 Å². The lowest BCUT2D eigenvalue weighted by Crippen LogP contribution is -2.46. The lowest BCUT2D eigenvalue weighted by Gasteiger charge is -2.30. The molecule has 0 aromatic heterocycles. The van der Waals surface area contributed by atoms with Crippen molar-refractivity contribution >= 4 is 5.91 Å². The first kappa shape index (κ1) is 15.9. The molecule has 3 nitrogen and oxygen atoms in total. The maximum atomic E-state index is 14.1. The molecule has 2 fully saturated rings. The molecule has 0 bridgehead atoms. The third-order valence-electron chi connectivity index (χ3n) is 6.35. The van der Waals surface area contributed by atoms with Gasteiger partial charge in [0.25, 0.3) is 11.8 Å². The normalized spacial score (nSPS) is 27.1. The van der Waals surface area contributed by atoms with Crippen molar-refractivity contribution in [2.24, 2.45) is 11.8 Å². The number of carbonyl (C=O) groups excluding carboxylic acids is 1. The smallest absolute Gasteiger partial charge is 0.264 e. The van der Waals surface area contributed by atoms with Gasteiger partial charge in [-0.05, 0) is 23.5 Å². The van der Waals surface area contributed by atoms with Gasteiger partial charge in [-0.3, -0.25) is 4.79 Å². The molecule has 0 radical (unpaired) electrons. The first-order chi connectivity index (χ1) is 12.4. The zero-order valence-corrected chi connectivity index (χ0v) is 14.2. The highest BCUT2D eigenvalue weighted by Gasteiger charge is 2.58. The van der Waals surface area contributed by atoms with Gasteiger partial charge in [0.1, 0.15) is 0 Å². The van der Waals surface area contributed by atoms with E-state index in [1.165, 1.54) is 4.90 Å². The van der Waals surface area contributed by atoms with Crippen LogP contribution in [0.15, 0.2) is 48.5 Å². The van der Waals surface area contributed by atoms with Gasteiger partial charge in [-0.25, -0.2) is 8.78 Å². The summed E-state index contributed by atoms with van der Waals surface area (Å²) in [6, 6.07) is 14.6. The lowest BCUT2D eigenvalue weighted by molar-refractivity contribution is -0.147. The molecule has 134 valence electrons. The predicted molar refractivity (Wildman–Crippen MR) is 92.6 cm³/mol. The molecule has 26 heavy (non-hydrogen) atoms. The van der Waals surface area contributed by atoms with Crippen LogP contribution in [0.3, 0.4) is 0 Å². The fraction of sp³-hybridized carbons (Fsp3) is 0.381. The van der Waals surface area contributed by atoms with Crippen LogP contribution in [0, 0.1) is 11.8 Å². The van der Waals surface area contributed by atoms with Gasteiger partial charge in [-0.15, -0.1) is 0 Å². The highest BCUT2D eigenvalue weighted by atomic mass is 19.3. The van der Waals surface area contributed by atoms with Crippen molar-refractivity contribution in [3.8, 4) is 11.1 Å². The summed E-state index contributed by atoms with van der Waals surface area (Å²) in [5.74, 6) is -4.17. The summed E-state index contributed by atoms with van der Waals surface area (Å²) in [6.45, 7) is 0.314. The van der Waals surface area contributed by atoms with Crippen LogP contribution in [0.4, 0.5) is 8.78 Å². The maximum Gasteiger partial charge on any atom is 0.264 e. The minimum atomic E-state index is -2.71. The molecule has 5 heteroatoms. The number of fused-ring (bicyclic) bond motifs is 4. The number of rotatable bonds is 1. The Balaban J connectivity index is 1.57. The van der Waals surface area contributed by atoms with E-state index in [-0.39, 0.29) is 18.9 Å². The van der Waals surface area contributed by atoms with Crippen LogP contribution >= 0.6 is 0 Å². The molecule has 3 aliphatic rings. The Morgan fingerprint density at radius 3 is 2.15 bits per heavy atom. The largest absolute Gasteiger partial charge is 0.372 e. The molecule has 1 saturated heterocycles. The predicted octanol–water partition coefficient (Wildman–Crippen LogP) is 3.41. The van der Waals surface area contributed by atoms with Crippen LogP contribution in [0.2, 0.25) is 0 Å². The fourth-order valence-corrected chi connectivity index (χ4v) is 5.04. The third kappa shape index (κ3) is 1.92. The highest BCUT2D eigenvalue weighted by Crippen LogP contribution is 2.52. The van der Waals surface area contributed by atoms with Crippen LogP contribution in [0.1, 0.15) is 24.0 Å². The van der Waals surface area contributed by atoms with E-state index >= 15 is 0 Å². The number of nitrogens with zero attached hydrogens (tertiary/aromatic N) is 1. The van der Waals surface area contributed by atoms with E-state index in [9.17, 15) is 18.7 Å². The Morgan fingerprint density at radius 2 is 1.58 bits per heavy atom. The van der Waals surface area contributed by atoms with Gasteiger partial charge >= 0.3 is 0 Å². The van der Waals surface area contributed by atoms with Crippen LogP contribution in [-0.2, 0) is 10.4 Å². The number of aliphatic hydroxyl groups is 1. The molecule has 5 rings (SSSR count). The van der Waals surface area contributed by atoms with Crippen LogP contribution < -0.4 is 0 Å². The SMILES string of the molecule is O=C(N1CC2CCC(F)(F)C2C1)C1(O)c2ccccc2-c2ccccc21. The van der Waals surface area contributed by atoms with Gasteiger partial charge in [0.15, 0.2) is 5.60 Å². The van der Waals surface area contributed by atoms with E-state index in [1.807, 2.05) is 24.3 Å². The number of alkyl halides is 2. The molecule has 1 saturated carbocycles. The number of hydrogen-bond acceptors (Lipinski definition) is 2. The summed E-state index contributed by atoms with van der Waals surface area (Å²) in [6.07, 6.45) is 0.341. The van der Waals surface area contributed by atoms with Gasteiger partial charge in [0.2, 0.25) is 0 Å². The van der Waals surface area contributed by atoms with E-state index in [0.29, 0.717) is 24.1 Å². The van der Waals surface area contributed by atoms with Crippen molar-refractivity contribution in [2.45, 2.75) is 24.4 Å². The van der Waals surface area contributed by atoms with Gasteiger partial charge in [0.05, 0.1) is 0 Å². The Kier molecular flexibility index (Phi) is 3.15. The van der Waals surface area contributed by atoms with Gasteiger partial charge in [-0.1, -0.05) is 48.5 Å². The van der Waals surface area contributed by atoms with E-state index in [1.54, 1.807) is 24.3 Å². The third-order valence-corrected chi connectivity index (χ3v) is 6.35. The van der Waals surface area contributed by atoms with Gasteiger partial charge in [-0.2, -0.15) is 0 Å². The van der Waals surface area contributed by atoms with Gasteiger partial charge in [0, 0.05) is 36.6 Å². The molecule has 2 aliphatic carbocycles. The Hall–Kier alpha value is -2.27. The molecule has 1 heterocycles. The summed E-state index contributed by atoms with van der Waals surface area (Å²) in [5, 5.41) is 11.5. The molecule has 2 aromatic carbocycles. The lowest BCUT2D eigenvalue weighted by atomic mass is 9.90. The quantitative estimate of drug-likeness (QED) is 0.852. The summed E-state index contributed by atoms with van der Waals surface area (Å²) in [4.78, 5) is 14.8.